The molecular formula is C13H20ClN3O2S. The van der Waals surface area contributed by atoms with Crippen LogP contribution in [0.4, 0.5) is 5.69 Å². The van der Waals surface area contributed by atoms with Crippen LogP contribution in [0.1, 0.15) is 18.4 Å². The number of nitrogens with one attached hydrogen (secondary N) is 1. The fourth-order valence-corrected chi connectivity index (χ4v) is 3.68. The fraction of sp³-hybridized carbons (Fsp3) is 0.538. The maximum absolute atomic E-state index is 12.3. The van der Waals surface area contributed by atoms with E-state index in [9.17, 15) is 8.42 Å². The molecule has 1 fully saturated rings. The highest BCUT2D eigenvalue weighted by atomic mass is 35.5. The summed E-state index contributed by atoms with van der Waals surface area (Å²) >= 11 is 6.00. The number of anilines is 1. The Morgan fingerprint density at radius 3 is 2.60 bits per heavy atom. The first-order chi connectivity index (χ1) is 9.42. The quantitative estimate of drug-likeness (QED) is 0.891. The van der Waals surface area contributed by atoms with E-state index < -0.39 is 10.2 Å². The number of nitrogens with zero attached hydrogens (tertiary/aromatic N) is 1. The van der Waals surface area contributed by atoms with Gasteiger partial charge in [0.1, 0.15) is 0 Å². The second-order valence-corrected chi connectivity index (χ2v) is 7.23. The average Bonchev–Trinajstić information content (AvgIpc) is 2.43. The first-order valence-corrected chi connectivity index (χ1v) is 8.48. The molecule has 1 aliphatic rings. The van der Waals surface area contributed by atoms with Crippen LogP contribution in [-0.4, -0.2) is 32.4 Å². The molecule has 0 aliphatic carbocycles. The predicted molar refractivity (Wildman–Crippen MR) is 82.1 cm³/mol. The van der Waals surface area contributed by atoms with Crippen molar-refractivity contribution in [3.05, 3.63) is 28.8 Å². The second kappa shape index (κ2) is 6.30. The van der Waals surface area contributed by atoms with Crippen molar-refractivity contribution in [1.29, 1.82) is 0 Å². The van der Waals surface area contributed by atoms with E-state index in [0.717, 1.165) is 18.4 Å². The van der Waals surface area contributed by atoms with Gasteiger partial charge in [0.15, 0.2) is 0 Å². The number of aryl methyl sites for hydroxylation is 1. The van der Waals surface area contributed by atoms with Gasteiger partial charge >= 0.3 is 10.2 Å². The molecule has 0 bridgehead atoms. The molecule has 1 aromatic carbocycles. The molecule has 112 valence electrons. The van der Waals surface area contributed by atoms with E-state index in [1.807, 2.05) is 6.92 Å². The summed E-state index contributed by atoms with van der Waals surface area (Å²) in [5.41, 5.74) is 7.02. The third-order valence-electron chi connectivity index (χ3n) is 3.67. The van der Waals surface area contributed by atoms with Gasteiger partial charge in [0.2, 0.25) is 0 Å². The van der Waals surface area contributed by atoms with Crippen molar-refractivity contribution in [3.63, 3.8) is 0 Å². The fourth-order valence-electron chi connectivity index (χ4n) is 2.26. The normalized spacial score (nSPS) is 18.1. The number of hydrogen-bond donors (Lipinski definition) is 2. The third-order valence-corrected chi connectivity index (χ3v) is 5.61. The lowest BCUT2D eigenvalue weighted by molar-refractivity contribution is 0.280. The van der Waals surface area contributed by atoms with Crippen LogP contribution in [0.2, 0.25) is 5.02 Å². The summed E-state index contributed by atoms with van der Waals surface area (Å²) in [5, 5.41) is 0.548. The average molecular weight is 318 g/mol. The van der Waals surface area contributed by atoms with Gasteiger partial charge in [-0.05, 0) is 49.9 Å². The topological polar surface area (TPSA) is 75.4 Å². The first kappa shape index (κ1) is 15.6. The summed E-state index contributed by atoms with van der Waals surface area (Å²) in [4.78, 5) is 0. The Kier molecular flexibility index (Phi) is 4.90. The van der Waals surface area contributed by atoms with Crippen LogP contribution in [0.5, 0.6) is 0 Å². The molecule has 20 heavy (non-hydrogen) atoms. The number of hydrogen-bond acceptors (Lipinski definition) is 3. The van der Waals surface area contributed by atoms with Crippen molar-refractivity contribution in [2.45, 2.75) is 19.8 Å². The maximum atomic E-state index is 12.3. The molecule has 7 heteroatoms. The Balaban J connectivity index is 2.05. The van der Waals surface area contributed by atoms with Crippen LogP contribution < -0.4 is 10.5 Å². The Morgan fingerprint density at radius 2 is 2.05 bits per heavy atom. The standard InChI is InChI=1S/C13H20ClN3O2S/c1-10-2-3-12(8-13(10)14)16-20(18,19)17-6-4-11(9-15)5-7-17/h2-3,8,11,16H,4-7,9,15H2,1H3. The third kappa shape index (κ3) is 3.63. The maximum Gasteiger partial charge on any atom is 0.301 e. The molecule has 1 aliphatic heterocycles. The minimum absolute atomic E-state index is 0.426. The molecule has 2 rings (SSSR count). The predicted octanol–water partition coefficient (Wildman–Crippen LogP) is 1.98. The highest BCUT2D eigenvalue weighted by Gasteiger charge is 2.27. The number of benzene rings is 1. The molecule has 1 aromatic rings. The number of halogens is 1. The highest BCUT2D eigenvalue weighted by molar-refractivity contribution is 7.90. The van der Waals surface area contributed by atoms with Crippen molar-refractivity contribution >= 4 is 27.5 Å². The van der Waals surface area contributed by atoms with Crippen LogP contribution in [0.3, 0.4) is 0 Å². The van der Waals surface area contributed by atoms with Crippen LogP contribution in [0.15, 0.2) is 18.2 Å². The SMILES string of the molecule is Cc1ccc(NS(=O)(=O)N2CCC(CN)CC2)cc1Cl. The lowest BCUT2D eigenvalue weighted by Gasteiger charge is -2.30. The second-order valence-electron chi connectivity index (χ2n) is 5.15. The van der Waals surface area contributed by atoms with Crippen molar-refractivity contribution in [2.24, 2.45) is 11.7 Å². The molecule has 0 spiro atoms. The molecule has 0 radical (unpaired) electrons. The van der Waals surface area contributed by atoms with Gasteiger partial charge in [-0.15, -0.1) is 0 Å². The smallest absolute Gasteiger partial charge is 0.301 e. The highest BCUT2D eigenvalue weighted by Crippen LogP contribution is 2.23. The van der Waals surface area contributed by atoms with E-state index in [0.29, 0.717) is 36.3 Å². The van der Waals surface area contributed by atoms with Crippen molar-refractivity contribution in [3.8, 4) is 0 Å². The van der Waals surface area contributed by atoms with Crippen molar-refractivity contribution in [1.82, 2.24) is 4.31 Å². The van der Waals surface area contributed by atoms with Crippen LogP contribution in [0, 0.1) is 12.8 Å². The molecule has 3 N–H and O–H groups in total. The Bertz CT molecular complexity index is 569. The molecule has 0 amide bonds. The Labute approximate surface area is 125 Å². The van der Waals surface area contributed by atoms with Gasteiger partial charge in [0, 0.05) is 18.1 Å². The molecule has 1 heterocycles. The summed E-state index contributed by atoms with van der Waals surface area (Å²) in [7, 11) is -3.51. The molecular weight excluding hydrogens is 298 g/mol. The summed E-state index contributed by atoms with van der Waals surface area (Å²) in [6.45, 7) is 3.51. The van der Waals surface area contributed by atoms with Crippen LogP contribution in [0.25, 0.3) is 0 Å². The number of piperidine rings is 1. The van der Waals surface area contributed by atoms with Crippen LogP contribution >= 0.6 is 11.6 Å². The van der Waals surface area contributed by atoms with Gasteiger partial charge in [-0.1, -0.05) is 17.7 Å². The lowest BCUT2D eigenvalue weighted by atomic mass is 9.99. The van der Waals surface area contributed by atoms with E-state index in [2.05, 4.69) is 4.72 Å². The zero-order valence-corrected chi connectivity index (χ0v) is 13.0. The van der Waals surface area contributed by atoms with E-state index in [1.165, 1.54) is 4.31 Å². The largest absolute Gasteiger partial charge is 0.330 e. The van der Waals surface area contributed by atoms with Crippen molar-refractivity contribution < 1.29 is 8.42 Å². The van der Waals surface area contributed by atoms with E-state index in [1.54, 1.807) is 18.2 Å². The molecule has 0 atom stereocenters. The summed E-state index contributed by atoms with van der Waals surface area (Å²) in [6, 6.07) is 5.13. The van der Waals surface area contributed by atoms with Gasteiger partial charge in [0.05, 0.1) is 5.69 Å². The molecule has 0 unspecified atom stereocenters. The van der Waals surface area contributed by atoms with Gasteiger partial charge < -0.3 is 5.73 Å². The zero-order chi connectivity index (χ0) is 14.8. The minimum atomic E-state index is -3.51. The van der Waals surface area contributed by atoms with Gasteiger partial charge in [-0.2, -0.15) is 12.7 Å². The molecule has 0 saturated carbocycles. The summed E-state index contributed by atoms with van der Waals surface area (Å²) < 4.78 is 28.6. The van der Waals surface area contributed by atoms with E-state index >= 15 is 0 Å². The Morgan fingerprint density at radius 1 is 1.40 bits per heavy atom. The van der Waals surface area contributed by atoms with Gasteiger partial charge in [-0.3, -0.25) is 4.72 Å². The lowest BCUT2D eigenvalue weighted by Crippen LogP contribution is -2.42. The van der Waals surface area contributed by atoms with E-state index in [4.69, 9.17) is 17.3 Å². The van der Waals surface area contributed by atoms with Gasteiger partial charge in [-0.25, -0.2) is 0 Å². The van der Waals surface area contributed by atoms with Crippen molar-refractivity contribution in [2.75, 3.05) is 24.4 Å². The van der Waals surface area contributed by atoms with Crippen LogP contribution in [-0.2, 0) is 10.2 Å². The van der Waals surface area contributed by atoms with E-state index in [-0.39, 0.29) is 0 Å². The summed E-state index contributed by atoms with van der Waals surface area (Å²) in [6.07, 6.45) is 1.62. The minimum Gasteiger partial charge on any atom is -0.330 e. The Hall–Kier alpha value is -0.820. The molecule has 1 saturated heterocycles. The number of rotatable bonds is 4. The molecule has 0 aromatic heterocycles. The molecule has 5 nitrogen and oxygen atoms in total. The first-order valence-electron chi connectivity index (χ1n) is 6.66. The van der Waals surface area contributed by atoms with Gasteiger partial charge in [0.25, 0.3) is 0 Å². The monoisotopic (exact) mass is 317 g/mol. The summed E-state index contributed by atoms with van der Waals surface area (Å²) in [5.74, 6) is 0.426. The zero-order valence-electron chi connectivity index (χ0n) is 11.5. The number of nitrogens with two attached hydrogens (primary N) is 1.